The number of amides is 1. The van der Waals surface area contributed by atoms with Crippen molar-refractivity contribution in [2.24, 2.45) is 0 Å². The van der Waals surface area contributed by atoms with Crippen molar-refractivity contribution in [3.8, 4) is 11.6 Å². The predicted molar refractivity (Wildman–Crippen MR) is 132 cm³/mol. The van der Waals surface area contributed by atoms with Crippen LogP contribution < -0.4 is 25.4 Å². The fourth-order valence-corrected chi connectivity index (χ4v) is 4.56. The van der Waals surface area contributed by atoms with E-state index in [-0.39, 0.29) is 23.9 Å². The maximum absolute atomic E-state index is 13.6. The highest BCUT2D eigenvalue weighted by Crippen LogP contribution is 2.37. The van der Waals surface area contributed by atoms with Crippen LogP contribution in [0.5, 0.6) is 11.6 Å². The lowest BCUT2D eigenvalue weighted by Gasteiger charge is -2.29. The van der Waals surface area contributed by atoms with Crippen molar-refractivity contribution in [1.29, 1.82) is 0 Å². The van der Waals surface area contributed by atoms with Crippen molar-refractivity contribution in [3.63, 3.8) is 0 Å². The van der Waals surface area contributed by atoms with E-state index in [0.717, 1.165) is 45.3 Å². The summed E-state index contributed by atoms with van der Waals surface area (Å²) in [5.74, 6) is -0.517. The second-order valence-corrected chi connectivity index (χ2v) is 9.53. The number of likely N-dealkylation sites (tertiary alicyclic amines) is 1. The highest BCUT2D eigenvalue weighted by Gasteiger charge is 2.37. The van der Waals surface area contributed by atoms with Gasteiger partial charge >= 0.3 is 6.18 Å². The first-order chi connectivity index (χ1) is 17.6. The molecule has 2 atom stereocenters. The Hall–Kier alpha value is -3.12. The first-order valence-corrected chi connectivity index (χ1v) is 12.4. The molecule has 3 N–H and O–H groups in total. The van der Waals surface area contributed by atoms with E-state index in [1.54, 1.807) is 25.1 Å². The van der Waals surface area contributed by atoms with E-state index in [4.69, 9.17) is 9.47 Å². The van der Waals surface area contributed by atoms with E-state index in [2.05, 4.69) is 37.9 Å². The largest absolute Gasteiger partial charge is 0.495 e. The van der Waals surface area contributed by atoms with Crippen LogP contribution >= 0.6 is 0 Å². The molecule has 0 aliphatic carbocycles. The number of carbonyl (C=O) groups is 1. The van der Waals surface area contributed by atoms with Gasteiger partial charge in [0.25, 0.3) is 5.91 Å². The zero-order valence-corrected chi connectivity index (χ0v) is 21.2. The molecule has 202 valence electrons. The van der Waals surface area contributed by atoms with Crippen LogP contribution in [0.2, 0.25) is 0 Å². The number of halogens is 3. The minimum Gasteiger partial charge on any atom is -0.495 e. The van der Waals surface area contributed by atoms with Gasteiger partial charge in [-0.25, -0.2) is 4.98 Å². The summed E-state index contributed by atoms with van der Waals surface area (Å²) in [5, 5.41) is 9.17. The molecule has 4 rings (SSSR count). The molecule has 37 heavy (non-hydrogen) atoms. The molecular formula is C25H33F3N6O3. The summed E-state index contributed by atoms with van der Waals surface area (Å²) in [7, 11) is 3.50. The van der Waals surface area contributed by atoms with Crippen LogP contribution in [0.1, 0.15) is 48.5 Å². The van der Waals surface area contributed by atoms with Gasteiger partial charge in [0.2, 0.25) is 11.8 Å². The van der Waals surface area contributed by atoms with Gasteiger partial charge < -0.3 is 30.3 Å². The molecule has 1 unspecified atom stereocenters. The van der Waals surface area contributed by atoms with E-state index in [0.29, 0.717) is 23.2 Å². The average molecular weight is 523 g/mol. The summed E-state index contributed by atoms with van der Waals surface area (Å²) < 4.78 is 51.9. The molecule has 1 amide bonds. The van der Waals surface area contributed by atoms with E-state index in [1.807, 2.05) is 0 Å². The van der Waals surface area contributed by atoms with Gasteiger partial charge in [-0.1, -0.05) is 0 Å². The van der Waals surface area contributed by atoms with Crippen molar-refractivity contribution < 1.29 is 27.4 Å². The Morgan fingerprint density at radius 2 is 2.00 bits per heavy atom. The van der Waals surface area contributed by atoms with Gasteiger partial charge in [-0.3, -0.25) is 4.79 Å². The maximum atomic E-state index is 13.6. The number of methoxy groups -OCH3 is 1. The molecule has 0 saturated carbocycles. The Bertz CT molecular complexity index is 1090. The number of nitrogens with zero attached hydrogens (tertiary/aromatic N) is 3. The summed E-state index contributed by atoms with van der Waals surface area (Å²) in [4.78, 5) is 22.9. The zero-order valence-electron chi connectivity index (χ0n) is 21.2. The molecule has 2 aliphatic rings. The Morgan fingerprint density at radius 3 is 2.65 bits per heavy atom. The van der Waals surface area contributed by atoms with Crippen LogP contribution in [0.3, 0.4) is 0 Å². The summed E-state index contributed by atoms with van der Waals surface area (Å²) >= 11 is 0. The monoisotopic (exact) mass is 522 g/mol. The minimum atomic E-state index is -4.67. The number of hydrogen-bond acceptors (Lipinski definition) is 8. The second-order valence-electron chi connectivity index (χ2n) is 9.53. The number of benzene rings is 1. The quantitative estimate of drug-likeness (QED) is 0.484. The Labute approximate surface area is 214 Å². The standard InChI is InChI=1S/C25H33F3N6O3/c1-15(19-5-4-10-29-19)37-23-18(25(26,27)28)14-30-24(33-23)32-20-7-6-16(13-21(20)36-3)22(35)31-17-8-11-34(2)12-9-17/h6-7,13-15,17,19,29H,4-5,8-12H2,1-3H3,(H,31,35)(H,30,32,33)/t15-,19?/m0/s1. The van der Waals surface area contributed by atoms with Crippen LogP contribution in [0.4, 0.5) is 24.8 Å². The van der Waals surface area contributed by atoms with Crippen LogP contribution in [0.25, 0.3) is 0 Å². The van der Waals surface area contributed by atoms with Crippen LogP contribution in [0, 0.1) is 0 Å². The molecule has 2 fully saturated rings. The van der Waals surface area contributed by atoms with Crippen molar-refractivity contribution in [3.05, 3.63) is 35.5 Å². The fraction of sp³-hybridized carbons (Fsp3) is 0.560. The Kier molecular flexibility index (Phi) is 8.38. The van der Waals surface area contributed by atoms with E-state index in [9.17, 15) is 18.0 Å². The smallest absolute Gasteiger partial charge is 0.423 e. The third-order valence-electron chi connectivity index (χ3n) is 6.79. The first kappa shape index (κ1) is 26.9. The Balaban J connectivity index is 1.50. The molecular weight excluding hydrogens is 489 g/mol. The third kappa shape index (κ3) is 6.80. The molecule has 2 aromatic rings. The first-order valence-electron chi connectivity index (χ1n) is 12.4. The number of anilines is 2. The summed E-state index contributed by atoms with van der Waals surface area (Å²) in [5.41, 5.74) is -0.234. The van der Waals surface area contributed by atoms with Gasteiger partial charge in [0.1, 0.15) is 17.4 Å². The van der Waals surface area contributed by atoms with Crippen molar-refractivity contribution in [2.75, 3.05) is 39.1 Å². The zero-order chi connectivity index (χ0) is 26.6. The number of piperidine rings is 1. The summed E-state index contributed by atoms with van der Waals surface area (Å²) in [6.07, 6.45) is -0.968. The predicted octanol–water partition coefficient (Wildman–Crippen LogP) is 3.59. The van der Waals surface area contributed by atoms with Crippen LogP contribution in [-0.4, -0.2) is 72.8 Å². The lowest BCUT2D eigenvalue weighted by Crippen LogP contribution is -2.43. The Morgan fingerprint density at radius 1 is 1.24 bits per heavy atom. The number of rotatable bonds is 8. The second kappa shape index (κ2) is 11.5. The molecule has 1 aromatic carbocycles. The summed E-state index contributed by atoms with van der Waals surface area (Å²) in [6.45, 7) is 4.36. The van der Waals surface area contributed by atoms with E-state index < -0.39 is 23.7 Å². The summed E-state index contributed by atoms with van der Waals surface area (Å²) in [6, 6.07) is 4.84. The third-order valence-corrected chi connectivity index (χ3v) is 6.79. The fourth-order valence-electron chi connectivity index (χ4n) is 4.56. The molecule has 0 bridgehead atoms. The molecule has 0 spiro atoms. The SMILES string of the molecule is COc1cc(C(=O)NC2CCN(C)CC2)ccc1Nc1ncc(C(F)(F)F)c(O[C@@H](C)C2CCCN2)n1. The van der Waals surface area contributed by atoms with E-state index >= 15 is 0 Å². The van der Waals surface area contributed by atoms with E-state index in [1.165, 1.54) is 7.11 Å². The number of nitrogens with one attached hydrogen (secondary N) is 3. The number of alkyl halides is 3. The highest BCUT2D eigenvalue weighted by molar-refractivity contribution is 5.95. The average Bonchev–Trinajstić information content (AvgIpc) is 3.40. The van der Waals surface area contributed by atoms with Crippen molar-refractivity contribution in [1.82, 2.24) is 25.5 Å². The van der Waals surface area contributed by atoms with Gasteiger partial charge in [-0.2, -0.15) is 18.2 Å². The number of carbonyl (C=O) groups excluding carboxylic acids is 1. The number of ether oxygens (including phenoxy) is 2. The molecule has 9 nitrogen and oxygen atoms in total. The molecule has 3 heterocycles. The number of hydrogen-bond donors (Lipinski definition) is 3. The van der Waals surface area contributed by atoms with Crippen LogP contribution in [-0.2, 0) is 6.18 Å². The van der Waals surface area contributed by atoms with Gasteiger partial charge in [-0.05, 0) is 77.5 Å². The lowest BCUT2D eigenvalue weighted by atomic mass is 10.0. The van der Waals surface area contributed by atoms with Gasteiger partial charge in [-0.15, -0.1) is 0 Å². The van der Waals surface area contributed by atoms with Crippen molar-refractivity contribution >= 4 is 17.5 Å². The molecule has 1 aromatic heterocycles. The molecule has 12 heteroatoms. The van der Waals surface area contributed by atoms with Gasteiger partial charge in [0, 0.05) is 23.8 Å². The van der Waals surface area contributed by atoms with Gasteiger partial charge in [0.15, 0.2) is 0 Å². The molecule has 0 radical (unpaired) electrons. The molecule has 2 saturated heterocycles. The minimum absolute atomic E-state index is 0.0548. The van der Waals surface area contributed by atoms with Crippen LogP contribution in [0.15, 0.2) is 24.4 Å². The topological polar surface area (TPSA) is 101 Å². The highest BCUT2D eigenvalue weighted by atomic mass is 19.4. The maximum Gasteiger partial charge on any atom is 0.423 e. The van der Waals surface area contributed by atoms with Crippen molar-refractivity contribution in [2.45, 2.75) is 57.0 Å². The van der Waals surface area contributed by atoms with Gasteiger partial charge in [0.05, 0.1) is 12.8 Å². The normalized spacial score (nSPS) is 19.9. The lowest BCUT2D eigenvalue weighted by molar-refractivity contribution is -0.140. The number of aromatic nitrogens is 2. The molecule has 2 aliphatic heterocycles.